The van der Waals surface area contributed by atoms with E-state index in [9.17, 15) is 0 Å². The first-order chi connectivity index (χ1) is 7.70. The first-order valence-corrected chi connectivity index (χ1v) is 5.77. The Morgan fingerprint density at radius 3 is 2.76 bits per heavy atom. The van der Waals surface area contributed by atoms with E-state index in [-0.39, 0.29) is 29.6 Å². The van der Waals surface area contributed by atoms with Gasteiger partial charge in [0.2, 0.25) is 0 Å². The predicted molar refractivity (Wildman–Crippen MR) is 80.2 cm³/mol. The van der Waals surface area contributed by atoms with Crippen molar-refractivity contribution in [2.24, 2.45) is 4.99 Å². The van der Waals surface area contributed by atoms with Crippen LogP contribution in [0.1, 0.15) is 19.8 Å². The van der Waals surface area contributed by atoms with Gasteiger partial charge in [-0.1, -0.05) is 0 Å². The van der Waals surface area contributed by atoms with Gasteiger partial charge in [-0.2, -0.15) is 0 Å². The summed E-state index contributed by atoms with van der Waals surface area (Å²) in [4.78, 5) is 4.14. The van der Waals surface area contributed by atoms with Gasteiger partial charge < -0.3 is 20.1 Å². The highest BCUT2D eigenvalue weighted by molar-refractivity contribution is 14.0. The summed E-state index contributed by atoms with van der Waals surface area (Å²) in [5.41, 5.74) is -0.0428. The van der Waals surface area contributed by atoms with Crippen molar-refractivity contribution in [2.45, 2.75) is 25.4 Å². The molecule has 1 rings (SSSR count). The third-order valence-corrected chi connectivity index (χ3v) is 2.75. The fourth-order valence-electron chi connectivity index (χ4n) is 1.74. The Kier molecular flexibility index (Phi) is 8.89. The summed E-state index contributed by atoms with van der Waals surface area (Å²) in [5.74, 6) is 0.800. The van der Waals surface area contributed by atoms with E-state index < -0.39 is 0 Å². The predicted octanol–water partition coefficient (Wildman–Crippen LogP) is 0.985. The van der Waals surface area contributed by atoms with Gasteiger partial charge in [0.1, 0.15) is 0 Å². The zero-order valence-corrected chi connectivity index (χ0v) is 13.2. The summed E-state index contributed by atoms with van der Waals surface area (Å²) in [5, 5.41) is 6.44. The van der Waals surface area contributed by atoms with Gasteiger partial charge in [-0.15, -0.1) is 24.0 Å². The fraction of sp³-hybridized carbons (Fsp3) is 0.909. The standard InChI is InChI=1S/C11H23N3O2.HI/c1-11(5-4-7-16-11)9-14-10(12-2)13-6-8-15-3;/h4-9H2,1-3H3,(H2,12,13,14);1H. The molecule has 0 aromatic carbocycles. The van der Waals surface area contributed by atoms with Crippen LogP contribution in [0.3, 0.4) is 0 Å². The minimum absolute atomic E-state index is 0. The number of rotatable bonds is 5. The van der Waals surface area contributed by atoms with Crippen LogP contribution < -0.4 is 10.6 Å². The number of methoxy groups -OCH3 is 1. The highest BCUT2D eigenvalue weighted by Crippen LogP contribution is 2.23. The van der Waals surface area contributed by atoms with Crippen LogP contribution in [0.25, 0.3) is 0 Å². The average molecular weight is 357 g/mol. The number of hydrogen-bond acceptors (Lipinski definition) is 3. The van der Waals surface area contributed by atoms with Gasteiger partial charge in [0.25, 0.3) is 0 Å². The van der Waals surface area contributed by atoms with E-state index >= 15 is 0 Å². The number of ether oxygens (including phenoxy) is 2. The molecule has 0 radical (unpaired) electrons. The molecule has 1 aliphatic rings. The van der Waals surface area contributed by atoms with Crippen molar-refractivity contribution >= 4 is 29.9 Å². The summed E-state index contributed by atoms with van der Waals surface area (Å²) >= 11 is 0. The molecular formula is C11H24IN3O2. The van der Waals surface area contributed by atoms with E-state index in [1.165, 1.54) is 0 Å². The molecule has 1 aliphatic heterocycles. The van der Waals surface area contributed by atoms with Gasteiger partial charge in [-0.3, -0.25) is 4.99 Å². The van der Waals surface area contributed by atoms with Crippen LogP contribution in [-0.2, 0) is 9.47 Å². The summed E-state index contributed by atoms with van der Waals surface area (Å²) < 4.78 is 10.7. The van der Waals surface area contributed by atoms with Crippen LogP contribution in [0.2, 0.25) is 0 Å². The highest BCUT2D eigenvalue weighted by atomic mass is 127. The summed E-state index contributed by atoms with van der Waals surface area (Å²) in [7, 11) is 3.45. The van der Waals surface area contributed by atoms with Crippen LogP contribution in [0.4, 0.5) is 0 Å². The van der Waals surface area contributed by atoms with Crippen LogP contribution in [0.15, 0.2) is 4.99 Å². The summed E-state index contributed by atoms with van der Waals surface area (Å²) in [6.45, 7) is 5.23. The van der Waals surface area contributed by atoms with E-state index in [0.717, 1.165) is 38.5 Å². The largest absolute Gasteiger partial charge is 0.383 e. The molecule has 0 bridgehead atoms. The maximum absolute atomic E-state index is 5.69. The molecule has 1 saturated heterocycles. The Morgan fingerprint density at radius 1 is 1.47 bits per heavy atom. The molecule has 0 aromatic rings. The lowest BCUT2D eigenvalue weighted by molar-refractivity contribution is 0.0242. The van der Waals surface area contributed by atoms with Crippen molar-refractivity contribution in [1.82, 2.24) is 10.6 Å². The molecule has 1 atom stereocenters. The first-order valence-electron chi connectivity index (χ1n) is 5.77. The monoisotopic (exact) mass is 357 g/mol. The first kappa shape index (κ1) is 16.9. The van der Waals surface area contributed by atoms with E-state index in [0.29, 0.717) is 6.61 Å². The van der Waals surface area contributed by atoms with Gasteiger partial charge >= 0.3 is 0 Å². The molecule has 5 nitrogen and oxygen atoms in total. The molecule has 1 unspecified atom stereocenters. The molecule has 0 saturated carbocycles. The average Bonchev–Trinajstić information content (AvgIpc) is 2.71. The molecule has 0 aliphatic carbocycles. The normalized spacial score (nSPS) is 24.3. The fourth-order valence-corrected chi connectivity index (χ4v) is 1.74. The number of nitrogens with zero attached hydrogens (tertiary/aromatic N) is 1. The Labute approximate surface area is 121 Å². The van der Waals surface area contributed by atoms with Crippen molar-refractivity contribution in [3.8, 4) is 0 Å². The van der Waals surface area contributed by atoms with Crippen molar-refractivity contribution in [3.05, 3.63) is 0 Å². The third kappa shape index (κ3) is 6.42. The van der Waals surface area contributed by atoms with Gasteiger partial charge in [0.15, 0.2) is 5.96 Å². The molecule has 6 heteroatoms. The van der Waals surface area contributed by atoms with Crippen LogP contribution >= 0.6 is 24.0 Å². The topological polar surface area (TPSA) is 54.9 Å². The lowest BCUT2D eigenvalue weighted by Crippen LogP contribution is -2.46. The zero-order valence-electron chi connectivity index (χ0n) is 10.9. The molecule has 17 heavy (non-hydrogen) atoms. The van der Waals surface area contributed by atoms with Crippen molar-refractivity contribution in [3.63, 3.8) is 0 Å². The van der Waals surface area contributed by atoms with Gasteiger partial charge in [-0.25, -0.2) is 0 Å². The Hall–Kier alpha value is -0.0800. The Bertz CT molecular complexity index is 231. The molecule has 0 amide bonds. The number of nitrogens with one attached hydrogen (secondary N) is 2. The second-order valence-corrected chi connectivity index (χ2v) is 4.25. The Morgan fingerprint density at radius 2 is 2.24 bits per heavy atom. The van der Waals surface area contributed by atoms with E-state index in [1.807, 2.05) is 0 Å². The minimum atomic E-state index is -0.0428. The van der Waals surface area contributed by atoms with Gasteiger partial charge in [0, 0.05) is 33.9 Å². The lowest BCUT2D eigenvalue weighted by Gasteiger charge is -2.24. The molecule has 1 heterocycles. The van der Waals surface area contributed by atoms with Gasteiger partial charge in [-0.05, 0) is 19.8 Å². The molecule has 0 aromatic heterocycles. The zero-order chi connectivity index (χ0) is 11.9. The quantitative estimate of drug-likeness (QED) is 0.334. The minimum Gasteiger partial charge on any atom is -0.383 e. The molecule has 102 valence electrons. The SMILES string of the molecule is CN=C(NCCOC)NCC1(C)CCCO1.I. The summed E-state index contributed by atoms with van der Waals surface area (Å²) in [6.07, 6.45) is 2.25. The van der Waals surface area contributed by atoms with Crippen LogP contribution in [0.5, 0.6) is 0 Å². The van der Waals surface area contributed by atoms with E-state index in [2.05, 4.69) is 22.5 Å². The molecule has 1 fully saturated rings. The maximum atomic E-state index is 5.69. The molecular weight excluding hydrogens is 333 g/mol. The van der Waals surface area contributed by atoms with Gasteiger partial charge in [0.05, 0.1) is 12.2 Å². The van der Waals surface area contributed by atoms with Crippen molar-refractivity contribution < 1.29 is 9.47 Å². The second kappa shape index (κ2) is 8.93. The molecule has 0 spiro atoms. The Balaban J connectivity index is 0.00000256. The van der Waals surface area contributed by atoms with Crippen molar-refractivity contribution in [2.75, 3.05) is 40.5 Å². The van der Waals surface area contributed by atoms with E-state index in [1.54, 1.807) is 14.2 Å². The maximum Gasteiger partial charge on any atom is 0.191 e. The summed E-state index contributed by atoms with van der Waals surface area (Å²) in [6, 6.07) is 0. The number of halogens is 1. The van der Waals surface area contributed by atoms with Crippen molar-refractivity contribution in [1.29, 1.82) is 0 Å². The van der Waals surface area contributed by atoms with E-state index in [4.69, 9.17) is 9.47 Å². The van der Waals surface area contributed by atoms with Crippen LogP contribution in [0, 0.1) is 0 Å². The second-order valence-electron chi connectivity index (χ2n) is 4.25. The lowest BCUT2D eigenvalue weighted by atomic mass is 10.0. The smallest absolute Gasteiger partial charge is 0.191 e. The number of hydrogen-bond donors (Lipinski definition) is 2. The number of aliphatic imine (C=N–C) groups is 1. The van der Waals surface area contributed by atoms with Crippen LogP contribution in [-0.4, -0.2) is 52.0 Å². The third-order valence-electron chi connectivity index (χ3n) is 2.75. The number of guanidine groups is 1. The highest BCUT2D eigenvalue weighted by Gasteiger charge is 2.29. The molecule has 2 N–H and O–H groups in total.